The van der Waals surface area contributed by atoms with Gasteiger partial charge in [0.05, 0.1) is 27.7 Å². The Morgan fingerprint density at radius 1 is 0.369 bits per heavy atom. The Bertz CT molecular complexity index is 2170. The van der Waals surface area contributed by atoms with E-state index in [-0.39, 0.29) is 26.1 Å². The fraction of sp³-hybridized carbons (Fsp3) is 0.514. The summed E-state index contributed by atoms with van der Waals surface area (Å²) >= 11 is 0. The minimum Gasteiger partial charge on any atom is -0.462 e. The molecule has 0 rings (SSSR count). The first kappa shape index (κ1) is 78.6. The SMILES string of the molecule is CC/C=C\C/C=C\C/C=C\C/C=C\C/C=C\C/C=C\C/C=C\C/C=C\C/C=C\C/C=C\C/C=C\CCCCCCCC(=O)OC(COC(=O)CCCC/C=C\C/C=C\C/C=C\C/C=C\C/C=C\C/C=C\CC)COP(=O)(O)OCC[N+](C)(C)C. The minimum absolute atomic E-state index is 0.00766. The molecule has 0 aromatic heterocycles. The zero-order valence-corrected chi connectivity index (χ0v) is 53.9. The number of likely N-dealkylation sites (N-methyl/N-ethyl adjacent to an activating group) is 1. The van der Waals surface area contributed by atoms with Crippen LogP contribution in [0.4, 0.5) is 0 Å². The molecule has 0 spiro atoms. The molecule has 0 fully saturated rings. The van der Waals surface area contributed by atoms with Crippen LogP contribution < -0.4 is 0 Å². The van der Waals surface area contributed by atoms with Gasteiger partial charge in [-0.1, -0.05) is 240 Å². The Labute approximate surface area is 513 Å². The molecule has 0 heterocycles. The van der Waals surface area contributed by atoms with Gasteiger partial charge in [-0.2, -0.15) is 0 Å². The van der Waals surface area contributed by atoms with Crippen LogP contribution in [0.1, 0.15) is 194 Å². The van der Waals surface area contributed by atoms with Gasteiger partial charge in [-0.15, -0.1) is 0 Å². The molecule has 0 bridgehead atoms. The van der Waals surface area contributed by atoms with Gasteiger partial charge in [-0.05, 0) is 148 Å². The first-order valence-electron chi connectivity index (χ1n) is 31.8. The van der Waals surface area contributed by atoms with Crippen LogP contribution in [0.15, 0.2) is 207 Å². The van der Waals surface area contributed by atoms with Crippen molar-refractivity contribution in [1.29, 1.82) is 0 Å². The number of hydrogen-bond acceptors (Lipinski definition) is 7. The lowest BCUT2D eigenvalue weighted by atomic mass is 10.1. The number of hydrogen-bond donors (Lipinski definition) is 1. The third-order valence-electron chi connectivity index (χ3n) is 12.3. The molecule has 0 aliphatic rings. The summed E-state index contributed by atoms with van der Waals surface area (Å²) in [6, 6.07) is 0. The van der Waals surface area contributed by atoms with Crippen LogP contribution >= 0.6 is 7.82 Å². The van der Waals surface area contributed by atoms with Crippen molar-refractivity contribution in [3.63, 3.8) is 0 Å². The van der Waals surface area contributed by atoms with E-state index in [0.29, 0.717) is 23.9 Å². The van der Waals surface area contributed by atoms with Crippen LogP contribution in [0.25, 0.3) is 0 Å². The Kier molecular flexibility index (Phi) is 58.1. The second kappa shape index (κ2) is 62.1. The maximum atomic E-state index is 12.8. The van der Waals surface area contributed by atoms with E-state index in [1.54, 1.807) is 0 Å². The van der Waals surface area contributed by atoms with E-state index in [0.717, 1.165) is 154 Å². The number of carbonyl (C=O) groups excluding carboxylic acids is 2. The number of phosphoric acid groups is 1. The average molecular weight is 1180 g/mol. The molecule has 0 saturated carbocycles. The number of rotatable bonds is 55. The zero-order valence-electron chi connectivity index (χ0n) is 53.0. The molecular formula is C74H115NO8P+. The van der Waals surface area contributed by atoms with E-state index in [2.05, 4.69) is 220 Å². The summed E-state index contributed by atoms with van der Waals surface area (Å²) in [6.07, 6.45) is 99.1. The van der Waals surface area contributed by atoms with Crippen molar-refractivity contribution >= 4 is 19.8 Å². The first-order chi connectivity index (χ1) is 41.0. The van der Waals surface area contributed by atoms with E-state index < -0.39 is 32.5 Å². The quantitative estimate of drug-likeness (QED) is 0.0211. The summed E-state index contributed by atoms with van der Waals surface area (Å²) < 4.78 is 34.5. The number of ether oxygens (including phenoxy) is 2. The maximum absolute atomic E-state index is 12.8. The molecule has 468 valence electrons. The monoisotopic (exact) mass is 1180 g/mol. The van der Waals surface area contributed by atoms with Crippen molar-refractivity contribution in [2.24, 2.45) is 0 Å². The van der Waals surface area contributed by atoms with E-state index in [4.69, 9.17) is 18.5 Å². The second-order valence-electron chi connectivity index (χ2n) is 21.3. The molecule has 0 amide bonds. The lowest BCUT2D eigenvalue weighted by Crippen LogP contribution is -2.37. The van der Waals surface area contributed by atoms with Crippen LogP contribution in [0.3, 0.4) is 0 Å². The topological polar surface area (TPSA) is 108 Å². The van der Waals surface area contributed by atoms with Crippen LogP contribution in [-0.2, 0) is 32.7 Å². The van der Waals surface area contributed by atoms with Gasteiger partial charge in [0, 0.05) is 12.8 Å². The van der Waals surface area contributed by atoms with Gasteiger partial charge >= 0.3 is 19.8 Å². The highest BCUT2D eigenvalue weighted by Gasteiger charge is 2.27. The molecule has 2 unspecified atom stereocenters. The summed E-state index contributed by atoms with van der Waals surface area (Å²) in [6.45, 7) is 4.09. The number of nitrogens with zero attached hydrogens (tertiary/aromatic N) is 1. The number of unbranched alkanes of at least 4 members (excludes halogenated alkanes) is 7. The number of allylic oxidation sites excluding steroid dienone is 34. The molecule has 2 atom stereocenters. The first-order valence-corrected chi connectivity index (χ1v) is 33.3. The Morgan fingerprint density at radius 2 is 0.643 bits per heavy atom. The van der Waals surface area contributed by atoms with Crippen LogP contribution in [0, 0.1) is 0 Å². The van der Waals surface area contributed by atoms with E-state index in [1.165, 1.54) is 0 Å². The average Bonchev–Trinajstić information content (AvgIpc) is 3.61. The lowest BCUT2D eigenvalue weighted by molar-refractivity contribution is -0.870. The van der Waals surface area contributed by atoms with Crippen molar-refractivity contribution in [2.45, 2.75) is 200 Å². The fourth-order valence-electron chi connectivity index (χ4n) is 7.49. The smallest absolute Gasteiger partial charge is 0.462 e. The van der Waals surface area contributed by atoms with Gasteiger partial charge in [-0.25, -0.2) is 4.57 Å². The highest BCUT2D eigenvalue weighted by Crippen LogP contribution is 2.43. The van der Waals surface area contributed by atoms with Crippen LogP contribution in [0.5, 0.6) is 0 Å². The molecule has 84 heavy (non-hydrogen) atoms. The molecule has 0 aromatic rings. The molecule has 0 aliphatic carbocycles. The van der Waals surface area contributed by atoms with Gasteiger partial charge in [-0.3, -0.25) is 18.6 Å². The van der Waals surface area contributed by atoms with Gasteiger partial charge < -0.3 is 18.9 Å². The number of phosphoric ester groups is 1. The van der Waals surface area contributed by atoms with Crippen molar-refractivity contribution in [3.8, 4) is 0 Å². The third-order valence-corrected chi connectivity index (χ3v) is 13.3. The number of carbonyl (C=O) groups is 2. The molecule has 0 radical (unpaired) electrons. The number of esters is 2. The van der Waals surface area contributed by atoms with Crippen LogP contribution in [0.2, 0.25) is 0 Å². The fourth-order valence-corrected chi connectivity index (χ4v) is 8.23. The van der Waals surface area contributed by atoms with Gasteiger partial charge in [0.1, 0.15) is 19.8 Å². The predicted molar refractivity (Wildman–Crippen MR) is 361 cm³/mol. The Morgan fingerprint density at radius 3 is 0.976 bits per heavy atom. The summed E-state index contributed by atoms with van der Waals surface area (Å²) in [4.78, 5) is 35.7. The second-order valence-corrected chi connectivity index (χ2v) is 22.8. The summed E-state index contributed by atoms with van der Waals surface area (Å²) in [7, 11) is 1.40. The largest absolute Gasteiger partial charge is 0.472 e. The summed E-state index contributed by atoms with van der Waals surface area (Å²) in [5.74, 6) is -0.891. The molecule has 0 saturated heterocycles. The predicted octanol–water partition coefficient (Wildman–Crippen LogP) is 20.7. The van der Waals surface area contributed by atoms with Crippen molar-refractivity contribution < 1.29 is 42.1 Å². The Hall–Kier alpha value is -5.41. The lowest BCUT2D eigenvalue weighted by Gasteiger charge is -2.24. The molecule has 10 heteroatoms. The maximum Gasteiger partial charge on any atom is 0.472 e. The van der Waals surface area contributed by atoms with Crippen molar-refractivity contribution in [1.82, 2.24) is 0 Å². The van der Waals surface area contributed by atoms with Crippen LogP contribution in [-0.4, -0.2) is 74.9 Å². The van der Waals surface area contributed by atoms with E-state index in [1.807, 2.05) is 21.1 Å². The summed E-state index contributed by atoms with van der Waals surface area (Å²) in [5, 5.41) is 0. The highest BCUT2D eigenvalue weighted by atomic mass is 31.2. The van der Waals surface area contributed by atoms with Gasteiger partial charge in [0.15, 0.2) is 6.10 Å². The van der Waals surface area contributed by atoms with E-state index >= 15 is 0 Å². The van der Waals surface area contributed by atoms with Crippen molar-refractivity contribution in [3.05, 3.63) is 207 Å². The minimum atomic E-state index is -4.42. The normalized spacial score (nSPS) is 14.6. The van der Waals surface area contributed by atoms with E-state index in [9.17, 15) is 19.0 Å². The zero-order chi connectivity index (χ0) is 61.2. The molecule has 0 aromatic carbocycles. The standard InChI is InChI=1S/C74H114NO8P/c1-6-8-10-12-14-16-18-20-22-24-26-28-29-30-31-32-33-34-35-36-37-38-39-40-41-42-43-44-45-47-49-51-53-55-57-59-61-63-65-67-74(77)83-72(71-82-84(78,79)81-69-68-75(3,4)5)70-80-73(76)66-64-62-60-58-56-54-52-50-48-46-27-25-23-21-19-17-15-13-11-9-7-2/h8-11,14-17,20-23,26-28,30-31,33-34,36-37,39-40,42-43,45-47,50-53,56,58,72H,6-7,12-13,18-19,24-25,29,32,35,38,41,44,48-49,54-55,57,59-71H2,1-5H3/p+1/b10-8-,11-9-,16-14-,17-15-,22-20-,23-21-,28-26-,31-30-,34-33-,37-36-,40-39-,43-42-,46-27-,47-45-,52-50-,53-51-,58-56-. The third kappa shape index (κ3) is 65.7. The Balaban J connectivity index is 4.28. The van der Waals surface area contributed by atoms with Gasteiger partial charge in [0.2, 0.25) is 0 Å². The molecule has 0 aliphatic heterocycles. The molecule has 1 N–H and O–H groups in total. The summed E-state index contributed by atoms with van der Waals surface area (Å²) in [5.41, 5.74) is 0. The van der Waals surface area contributed by atoms with Crippen molar-refractivity contribution in [2.75, 3.05) is 47.5 Å². The molecule has 9 nitrogen and oxygen atoms in total. The molecular weight excluding hydrogens is 1060 g/mol. The highest BCUT2D eigenvalue weighted by molar-refractivity contribution is 7.47. The number of quaternary nitrogens is 1. The van der Waals surface area contributed by atoms with Gasteiger partial charge in [0.25, 0.3) is 0 Å².